The summed E-state index contributed by atoms with van der Waals surface area (Å²) in [7, 11) is -3.33. The molecule has 3 amide bonds. The molecule has 1 aliphatic rings. The van der Waals surface area contributed by atoms with Gasteiger partial charge in [-0.15, -0.1) is 3.89 Å². The molecule has 3 N–H and O–H groups in total. The molecule has 2 heterocycles. The van der Waals surface area contributed by atoms with E-state index in [0.29, 0.717) is 37.2 Å². The van der Waals surface area contributed by atoms with Gasteiger partial charge in [-0.3, -0.25) is 24.4 Å². The lowest BCUT2D eigenvalue weighted by atomic mass is 10.1. The van der Waals surface area contributed by atoms with E-state index in [1.165, 1.54) is 12.1 Å². The molecule has 0 radical (unpaired) electrons. The van der Waals surface area contributed by atoms with Gasteiger partial charge in [0.05, 0.1) is 34.6 Å². The number of aromatic nitrogens is 2. The number of hydrogen-bond donors (Lipinski definition) is 3. The molecular weight excluding hydrogens is 582 g/mol. The Morgan fingerprint density at radius 3 is 2.53 bits per heavy atom. The summed E-state index contributed by atoms with van der Waals surface area (Å²) in [4.78, 5) is 49.4. The molecule has 1 aromatic heterocycles. The third-order valence-corrected chi connectivity index (χ3v) is 8.00. The van der Waals surface area contributed by atoms with Crippen molar-refractivity contribution in [1.82, 2.24) is 30.8 Å². The largest absolute Gasteiger partial charge is 0.349 e. The first kappa shape index (κ1) is 31.6. The Labute approximate surface area is 248 Å². The number of carbonyl (C=O) groups excluding carboxylic acids is 3. The summed E-state index contributed by atoms with van der Waals surface area (Å²) in [5, 5.41) is 8.10. The molecule has 4 rings (SSSR count). The molecule has 0 spiro atoms. The number of hydrogen-bond acceptors (Lipinski definition) is 8. The van der Waals surface area contributed by atoms with Crippen molar-refractivity contribution >= 4 is 27.9 Å². The standard InChI is InChI=1S/C29H32F2N6O5S/c1-18(32-2)27(38)36-25(17-34-28(39)20-8-10-23(11-9-20)43(31,41)42)29(40)37-12-4-7-26(37)24-16-33-15-22(35-24)14-19-5-3-6-21(30)13-19/h3,5-6,8-11,13,15-16,18,25-26,32H,4,7,12,14,17H2,1-2H3,(H,34,39)(H,36,38)/t18-,25-,26+/m0/s1. The molecular formula is C29H32F2N6O5S. The molecule has 14 heteroatoms. The zero-order valence-corrected chi connectivity index (χ0v) is 24.4. The third kappa shape index (κ3) is 8.17. The first-order valence-corrected chi connectivity index (χ1v) is 15.0. The van der Waals surface area contributed by atoms with Gasteiger partial charge in [-0.2, -0.15) is 8.42 Å². The Balaban J connectivity index is 1.51. The van der Waals surface area contributed by atoms with Crippen LogP contribution < -0.4 is 16.0 Å². The van der Waals surface area contributed by atoms with Crippen molar-refractivity contribution in [2.75, 3.05) is 20.1 Å². The fourth-order valence-electron chi connectivity index (χ4n) is 4.76. The third-order valence-electron chi connectivity index (χ3n) is 7.16. The molecule has 11 nitrogen and oxygen atoms in total. The zero-order chi connectivity index (χ0) is 31.1. The van der Waals surface area contributed by atoms with E-state index in [1.807, 2.05) is 0 Å². The van der Waals surface area contributed by atoms with E-state index in [4.69, 9.17) is 4.98 Å². The summed E-state index contributed by atoms with van der Waals surface area (Å²) in [6.07, 6.45) is 4.79. The van der Waals surface area contributed by atoms with E-state index >= 15 is 0 Å². The summed E-state index contributed by atoms with van der Waals surface area (Å²) in [6, 6.07) is 8.20. The number of likely N-dealkylation sites (N-methyl/N-ethyl adjacent to an activating group) is 1. The van der Waals surface area contributed by atoms with E-state index in [-0.39, 0.29) is 17.9 Å². The van der Waals surface area contributed by atoms with Crippen LogP contribution in [0.15, 0.2) is 65.8 Å². The SMILES string of the molecule is CN[C@@H](C)C(=O)N[C@@H](CNC(=O)c1ccc(S(=O)(=O)F)cc1)C(=O)N1CCC[C@@H]1c1cncc(Cc2cccc(F)c2)n1. The van der Waals surface area contributed by atoms with Crippen LogP contribution in [0.25, 0.3) is 0 Å². The lowest BCUT2D eigenvalue weighted by molar-refractivity contribution is -0.137. The van der Waals surface area contributed by atoms with E-state index in [9.17, 15) is 31.1 Å². The fourth-order valence-corrected chi connectivity index (χ4v) is 5.22. The van der Waals surface area contributed by atoms with Gasteiger partial charge in [-0.25, -0.2) is 4.39 Å². The molecule has 0 aliphatic carbocycles. The molecule has 0 bridgehead atoms. The highest BCUT2D eigenvalue weighted by Gasteiger charge is 2.36. The van der Waals surface area contributed by atoms with Crippen molar-refractivity contribution in [1.29, 1.82) is 0 Å². The van der Waals surface area contributed by atoms with Crippen LogP contribution in [0.2, 0.25) is 0 Å². The van der Waals surface area contributed by atoms with Gasteiger partial charge in [0.15, 0.2) is 0 Å². The molecule has 0 unspecified atom stereocenters. The maximum Gasteiger partial charge on any atom is 0.332 e. The van der Waals surface area contributed by atoms with Crippen LogP contribution in [0, 0.1) is 5.82 Å². The number of carbonyl (C=O) groups is 3. The summed E-state index contributed by atoms with van der Waals surface area (Å²) >= 11 is 0. The average molecular weight is 615 g/mol. The van der Waals surface area contributed by atoms with Crippen LogP contribution in [0.3, 0.4) is 0 Å². The summed E-state index contributed by atoms with van der Waals surface area (Å²) < 4.78 is 49.0. The molecule has 228 valence electrons. The maximum absolute atomic E-state index is 13.8. The smallest absolute Gasteiger partial charge is 0.332 e. The Hall–Kier alpha value is -4.30. The van der Waals surface area contributed by atoms with Gasteiger partial charge in [0.25, 0.3) is 5.91 Å². The summed E-state index contributed by atoms with van der Waals surface area (Å²) in [5.74, 6) is -1.90. The van der Waals surface area contributed by atoms with E-state index in [2.05, 4.69) is 20.9 Å². The van der Waals surface area contributed by atoms with Gasteiger partial charge in [0.1, 0.15) is 11.9 Å². The predicted molar refractivity (Wildman–Crippen MR) is 152 cm³/mol. The monoisotopic (exact) mass is 614 g/mol. The lowest BCUT2D eigenvalue weighted by Gasteiger charge is -2.30. The Bertz CT molecular complexity index is 1590. The lowest BCUT2D eigenvalue weighted by Crippen LogP contribution is -2.56. The fraction of sp³-hybridized carbons (Fsp3) is 0.345. The highest BCUT2D eigenvalue weighted by atomic mass is 32.3. The minimum Gasteiger partial charge on any atom is -0.349 e. The van der Waals surface area contributed by atoms with Crippen LogP contribution in [0.1, 0.15) is 53.1 Å². The Kier molecular flexibility index (Phi) is 10.1. The van der Waals surface area contributed by atoms with Gasteiger partial charge in [0, 0.05) is 31.3 Å². The van der Waals surface area contributed by atoms with Gasteiger partial charge >= 0.3 is 10.2 Å². The van der Waals surface area contributed by atoms with Gasteiger partial charge < -0.3 is 20.9 Å². The van der Waals surface area contributed by atoms with Gasteiger partial charge in [-0.05, 0) is 68.8 Å². The predicted octanol–water partition coefficient (Wildman–Crippen LogP) is 2.05. The van der Waals surface area contributed by atoms with Crippen molar-refractivity contribution in [2.45, 2.75) is 49.2 Å². The molecule has 43 heavy (non-hydrogen) atoms. The molecule has 2 aromatic carbocycles. The van der Waals surface area contributed by atoms with Crippen molar-refractivity contribution in [3.8, 4) is 0 Å². The van der Waals surface area contributed by atoms with Crippen molar-refractivity contribution < 1.29 is 31.1 Å². The molecule has 3 aromatic rings. The molecule has 1 fully saturated rings. The van der Waals surface area contributed by atoms with Crippen molar-refractivity contribution in [3.05, 3.63) is 89.3 Å². The topological polar surface area (TPSA) is 150 Å². The Morgan fingerprint density at radius 1 is 1.12 bits per heavy atom. The van der Waals surface area contributed by atoms with E-state index in [1.54, 1.807) is 43.4 Å². The average Bonchev–Trinajstić information content (AvgIpc) is 3.48. The highest BCUT2D eigenvalue weighted by molar-refractivity contribution is 7.86. The summed E-state index contributed by atoms with van der Waals surface area (Å²) in [5.41, 5.74) is 1.93. The second kappa shape index (κ2) is 13.8. The number of nitrogens with zero attached hydrogens (tertiary/aromatic N) is 3. The maximum atomic E-state index is 13.8. The first-order chi connectivity index (χ1) is 20.5. The minimum absolute atomic E-state index is 0.0398. The van der Waals surface area contributed by atoms with Crippen molar-refractivity contribution in [3.63, 3.8) is 0 Å². The van der Waals surface area contributed by atoms with Crippen LogP contribution in [-0.4, -0.2) is 73.2 Å². The van der Waals surface area contributed by atoms with Crippen LogP contribution in [-0.2, 0) is 26.2 Å². The number of amides is 3. The van der Waals surface area contributed by atoms with Crippen LogP contribution in [0.5, 0.6) is 0 Å². The normalized spacial score (nSPS) is 16.4. The summed E-state index contributed by atoms with van der Waals surface area (Å²) in [6.45, 7) is 1.74. The van der Waals surface area contributed by atoms with Crippen LogP contribution in [0.4, 0.5) is 8.28 Å². The zero-order valence-electron chi connectivity index (χ0n) is 23.6. The quantitative estimate of drug-likeness (QED) is 0.278. The molecule has 0 saturated carbocycles. The molecule has 1 aliphatic heterocycles. The molecule has 1 saturated heterocycles. The number of nitrogens with one attached hydrogen (secondary N) is 3. The Morgan fingerprint density at radius 2 is 1.86 bits per heavy atom. The first-order valence-electron chi connectivity index (χ1n) is 13.6. The van der Waals surface area contributed by atoms with Gasteiger partial charge in [-0.1, -0.05) is 12.1 Å². The second-order valence-corrected chi connectivity index (χ2v) is 11.5. The second-order valence-electron chi connectivity index (χ2n) is 10.2. The minimum atomic E-state index is -4.92. The number of halogens is 2. The number of likely N-dealkylation sites (tertiary alicyclic amines) is 1. The van der Waals surface area contributed by atoms with Crippen molar-refractivity contribution in [2.24, 2.45) is 0 Å². The van der Waals surface area contributed by atoms with Gasteiger partial charge in [0.2, 0.25) is 11.8 Å². The van der Waals surface area contributed by atoms with E-state index in [0.717, 1.165) is 29.8 Å². The van der Waals surface area contributed by atoms with Crippen LogP contribution >= 0.6 is 0 Å². The number of benzene rings is 2. The molecule has 3 atom stereocenters. The highest BCUT2D eigenvalue weighted by Crippen LogP contribution is 2.31. The number of rotatable bonds is 11. The van der Waals surface area contributed by atoms with E-state index < -0.39 is 51.0 Å².